The van der Waals surface area contributed by atoms with Crippen LogP contribution in [0.5, 0.6) is 0 Å². The SMILES string of the molecule is CC.CC.CC(C)C.CC(C)C.CCC.CCC.CCC(C)C.CCC(C)C.CCC1=CCC=N1.CCCC.CCCC(C)=O.CCCC([NH-])=O.CCCCC(C)=[N-].CCC[S-].CCc1c[n-]c2ccccc12.CCc1ccccc1.[W].[W].[W].[W].[W].[W].[W].[W].[W].[W].[W].[W].[W].[W].[W].[W].[W].[W].[W].[W].[W]. The summed E-state index contributed by atoms with van der Waals surface area (Å²) in [5.74, 6) is 4.17. The van der Waals surface area contributed by atoms with E-state index in [2.05, 4.69) is 230 Å². The topological polar surface area (TPSA) is 107 Å². The van der Waals surface area contributed by atoms with Crippen molar-refractivity contribution in [1.29, 1.82) is 0 Å². The Kier molecular flexibility index (Phi) is 468. The number of allylic oxidation sites excluding steroid dienone is 2. The molecule has 28 heteroatoms. The molecule has 0 unspecified atom stereocenters. The quantitative estimate of drug-likeness (QED) is 0.118. The number of fused-ring (bicyclic) bond motifs is 1. The minimum atomic E-state index is -0.461. The molecular formula is C74H148N4O2SW21-4. The van der Waals surface area contributed by atoms with Gasteiger partial charge in [-0.05, 0) is 73.6 Å². The van der Waals surface area contributed by atoms with Crippen molar-refractivity contribution in [3.8, 4) is 0 Å². The number of unbranched alkanes of at least 4 members (excludes halogenated alkanes) is 2. The van der Waals surface area contributed by atoms with Crippen molar-refractivity contribution in [3.63, 3.8) is 0 Å². The van der Waals surface area contributed by atoms with Gasteiger partial charge in [-0.2, -0.15) is 11.9 Å². The third-order valence-corrected chi connectivity index (χ3v) is 9.04. The third kappa shape index (κ3) is 290. The van der Waals surface area contributed by atoms with Crippen molar-refractivity contribution in [2.75, 3.05) is 5.75 Å². The van der Waals surface area contributed by atoms with Crippen LogP contribution in [0.25, 0.3) is 22.0 Å². The first-order chi connectivity index (χ1) is 38.2. The van der Waals surface area contributed by atoms with Crippen molar-refractivity contribution in [2.45, 2.75) is 330 Å². The zero-order valence-corrected chi connectivity index (χ0v) is 132. The second-order valence-electron chi connectivity index (χ2n) is 20.7. The number of Topliss-reactive ketones (excluding diaryl/α,β-unsaturated/α-hetero) is 1. The fourth-order valence-electron chi connectivity index (χ4n) is 3.73. The smallest absolute Gasteiger partial charge is 0.129 e. The molecule has 1 amide bonds. The van der Waals surface area contributed by atoms with E-state index < -0.39 is 5.91 Å². The Hall–Kier alpha value is 11.0. The number of rotatable bonds is 14. The molecule has 2 heterocycles. The van der Waals surface area contributed by atoms with Gasteiger partial charge in [-0.15, -0.1) is 5.52 Å². The van der Waals surface area contributed by atoms with Gasteiger partial charge in [0.1, 0.15) is 5.78 Å². The van der Waals surface area contributed by atoms with Crippen molar-refractivity contribution in [3.05, 3.63) is 94.8 Å². The molecule has 0 radical (unpaired) electrons. The van der Waals surface area contributed by atoms with Crippen LogP contribution in [-0.4, -0.2) is 29.4 Å². The number of nitrogens with zero attached hydrogens (tertiary/aromatic N) is 3. The molecule has 0 fully saturated rings. The average molecular weight is 5020 g/mol. The number of carbonyl (C=O) groups excluding carboxylic acids is 2. The van der Waals surface area contributed by atoms with E-state index in [1.807, 2.05) is 66.1 Å². The van der Waals surface area contributed by atoms with Crippen LogP contribution in [0.4, 0.5) is 0 Å². The summed E-state index contributed by atoms with van der Waals surface area (Å²) in [6, 6.07) is 18.7. The van der Waals surface area contributed by atoms with E-state index in [0.29, 0.717) is 12.1 Å². The number of para-hydroxylation sites is 1. The van der Waals surface area contributed by atoms with Gasteiger partial charge in [0.15, 0.2) is 0 Å². The number of benzene rings is 2. The number of aromatic nitrogens is 1. The molecule has 0 saturated heterocycles. The molecule has 1 aliphatic heterocycles. The van der Waals surface area contributed by atoms with Crippen molar-refractivity contribution < 1.29 is 452 Å². The van der Waals surface area contributed by atoms with Gasteiger partial charge in [-0.1, -0.05) is 345 Å². The summed E-state index contributed by atoms with van der Waals surface area (Å²) >= 11 is 4.55. The molecule has 0 aliphatic carbocycles. The Morgan fingerprint density at radius 1 is 0.461 bits per heavy atom. The number of aliphatic imine (C=N–C) groups is 1. The van der Waals surface area contributed by atoms with Crippen LogP contribution in [0.15, 0.2) is 77.6 Å². The summed E-state index contributed by atoms with van der Waals surface area (Å²) in [4.78, 5) is 28.1. The second kappa shape index (κ2) is 216. The molecule has 1 aliphatic rings. The maximum Gasteiger partial charge on any atom is 0.129 e. The number of carbonyl (C=O) groups is 2. The van der Waals surface area contributed by atoms with Crippen LogP contribution < -0.4 is 4.98 Å². The Morgan fingerprint density at radius 3 is 0.912 bits per heavy atom. The van der Waals surface area contributed by atoms with E-state index in [4.69, 9.17) is 11.1 Å². The van der Waals surface area contributed by atoms with E-state index in [9.17, 15) is 9.59 Å². The fourth-order valence-corrected chi connectivity index (χ4v) is 3.73. The van der Waals surface area contributed by atoms with Gasteiger partial charge < -0.3 is 38.3 Å². The summed E-state index contributed by atoms with van der Waals surface area (Å²) in [5.41, 5.74) is 12.0. The summed E-state index contributed by atoms with van der Waals surface area (Å²) in [7, 11) is 0. The van der Waals surface area contributed by atoms with Gasteiger partial charge in [0.2, 0.25) is 0 Å². The van der Waals surface area contributed by atoms with Gasteiger partial charge in [0.05, 0.1) is 0 Å². The van der Waals surface area contributed by atoms with E-state index in [1.54, 1.807) is 13.8 Å². The van der Waals surface area contributed by atoms with Crippen LogP contribution in [0.2, 0.25) is 0 Å². The number of aryl methyl sites for hydroxylation is 2. The third-order valence-electron chi connectivity index (χ3n) is 8.63. The largest absolute Gasteiger partial charge is 0.811 e. The zero-order chi connectivity index (χ0) is 66.3. The molecule has 0 saturated carbocycles. The first-order valence-corrected chi connectivity index (χ1v) is 33.4. The van der Waals surface area contributed by atoms with Gasteiger partial charge in [0.25, 0.3) is 0 Å². The Balaban J connectivity index is -0.0000000161. The van der Waals surface area contributed by atoms with Crippen LogP contribution >= 0.6 is 0 Å². The molecule has 612 valence electrons. The van der Waals surface area contributed by atoms with Gasteiger partial charge >= 0.3 is 0 Å². The number of nitrogens with one attached hydrogen (secondary N) is 1. The molecule has 0 spiro atoms. The van der Waals surface area contributed by atoms with E-state index >= 15 is 0 Å². The number of hydrogen-bond donors (Lipinski definition) is 0. The van der Waals surface area contributed by atoms with Crippen molar-refractivity contribution in [1.82, 2.24) is 4.98 Å². The van der Waals surface area contributed by atoms with Gasteiger partial charge in [-0.3, -0.25) is 4.99 Å². The Bertz CT molecular complexity index is 1590. The normalized spacial score (nSPS) is 7.35. The van der Waals surface area contributed by atoms with Crippen molar-refractivity contribution in [2.24, 2.45) is 28.7 Å². The molecule has 4 rings (SSSR count). The first kappa shape index (κ1) is 221. The molecule has 102 heavy (non-hydrogen) atoms. The number of amides is 1. The molecule has 6 nitrogen and oxygen atoms in total. The molecule has 1 N–H and O–H groups in total. The second-order valence-corrected chi connectivity index (χ2v) is 21.1. The monoisotopic (exact) mass is 5020 g/mol. The fraction of sp³-hybridized carbons (Fsp3) is 0.730. The number of ketones is 1. The van der Waals surface area contributed by atoms with Crippen molar-refractivity contribution >= 4 is 47.1 Å². The van der Waals surface area contributed by atoms with E-state index in [-0.39, 0.29) is 448 Å². The van der Waals surface area contributed by atoms with Crippen LogP contribution in [-0.2, 0) is 477 Å². The molecular weight excluding hydrogens is 4870 g/mol. The molecule has 0 atom stereocenters. The Morgan fingerprint density at radius 2 is 0.765 bits per heavy atom. The minimum Gasteiger partial charge on any atom is -0.811 e. The van der Waals surface area contributed by atoms with Gasteiger partial charge in [-0.25, -0.2) is 5.71 Å². The Labute approximate surface area is 946 Å². The first-order valence-electron chi connectivity index (χ1n) is 32.8. The summed E-state index contributed by atoms with van der Waals surface area (Å²) in [6.45, 7) is 65.0. The maximum absolute atomic E-state index is 10.0. The summed E-state index contributed by atoms with van der Waals surface area (Å²) in [5, 5.41) is 9.90. The standard InChI is InChI=1S/C10H10N.C8H10.C6H9N.C6H12N.C5H10O.2C5H12.C4H9NO.3C4H10.C3H8S.2C3H8.2C2H6.21W/c1-2-8-7-11-10-6-4-3-5-9(8)10;1-2-8-6-4-3-5-7-8;1-2-6-4-3-5-7-6;1-3-4-5-6(2)7;1-3-4-5(2)6;2*1-4-5(2)3;1-2-3-4(5)6;2*1-4(2)3;1-3-4-2;1-2-3-4;2*1-3-2;2*1-2;;;;;;;;;;;;;;;;;;;;;/h3-7H,2H2,1H3;3-7H,2H2,1H3;4-5H,2-3H2,1H3;3-5H2,1-2H3;3-4H2,1-2H3;2*5H,4H2,1-3H3;2-3H2,1H3,(H2,5,6);2*4H,1-3H3;3-4H2,1-2H3;4H,2-3H2,1H3;2*3H2,1-2H3;2*1-2H3;;;;;;;;;;;;;;;;;;;;;/q-1;;;-1;;;;;;;;;;;;;;;;;;;;;;;;;;;;;;;;;/p-2. The molecule has 1 aromatic heterocycles. The predicted molar refractivity (Wildman–Crippen MR) is 386 cm³/mol. The van der Waals surface area contributed by atoms with Gasteiger partial charge in [0, 0.05) is 473 Å². The van der Waals surface area contributed by atoms with Crippen LogP contribution in [0.3, 0.4) is 0 Å². The molecule has 2 aromatic carbocycles. The number of hydrogen-bond acceptors (Lipinski definition) is 4. The summed E-state index contributed by atoms with van der Waals surface area (Å²) < 4.78 is 0. The molecule has 3 aromatic rings. The summed E-state index contributed by atoms with van der Waals surface area (Å²) in [6.07, 6.45) is 25.3. The van der Waals surface area contributed by atoms with Crippen LogP contribution in [0, 0.1) is 23.7 Å². The maximum atomic E-state index is 10.0. The minimum absolute atomic E-state index is 0. The van der Waals surface area contributed by atoms with E-state index in [0.717, 1.165) is 106 Å². The zero-order valence-electron chi connectivity index (χ0n) is 69.3. The predicted octanol–water partition coefficient (Wildman–Crippen LogP) is 26.3. The molecule has 0 bridgehead atoms. The average Bonchev–Trinajstić information content (AvgIpc) is 4.15. The van der Waals surface area contributed by atoms with E-state index in [1.165, 1.54) is 60.7 Å². The van der Waals surface area contributed by atoms with Crippen LogP contribution in [0.1, 0.15) is 328 Å².